The van der Waals surface area contributed by atoms with E-state index in [9.17, 15) is 5.11 Å². The Kier molecular flexibility index (Phi) is 5.24. The lowest BCUT2D eigenvalue weighted by atomic mass is 9.98. The van der Waals surface area contributed by atoms with Crippen molar-refractivity contribution in [1.29, 1.82) is 0 Å². The van der Waals surface area contributed by atoms with Gasteiger partial charge in [-0.2, -0.15) is 0 Å². The second-order valence-electron chi connectivity index (χ2n) is 8.93. The number of pyridine rings is 1. The maximum atomic E-state index is 9.63. The summed E-state index contributed by atoms with van der Waals surface area (Å²) in [5, 5.41) is 9.63. The monoisotopic (exact) mass is 437 g/mol. The van der Waals surface area contributed by atoms with Gasteiger partial charge < -0.3 is 10.0 Å². The average Bonchev–Trinajstić information content (AvgIpc) is 3.50. The van der Waals surface area contributed by atoms with Gasteiger partial charge in [0.25, 0.3) is 0 Å². The second kappa shape index (κ2) is 8.54. The molecule has 2 aromatic heterocycles. The molecule has 0 bridgehead atoms. The Bertz CT molecular complexity index is 1290. The van der Waals surface area contributed by atoms with Crippen LogP contribution in [0.5, 0.6) is 0 Å². The minimum Gasteiger partial charge on any atom is -0.395 e. The first-order valence-electron chi connectivity index (χ1n) is 11.7. The van der Waals surface area contributed by atoms with Crippen molar-refractivity contribution in [2.24, 2.45) is 0 Å². The molecule has 2 aliphatic rings. The molecule has 1 saturated heterocycles. The highest BCUT2D eigenvalue weighted by Gasteiger charge is 2.27. The SMILES string of the molecule is OC[C@H]1CCCN1Cc1cnc2c(N3CCc4c(-c5ccccc5)cccc43)ncnc2c1. The molecule has 0 saturated carbocycles. The highest BCUT2D eigenvalue weighted by atomic mass is 16.3. The van der Waals surface area contributed by atoms with E-state index in [0.717, 1.165) is 61.3 Å². The van der Waals surface area contributed by atoms with Gasteiger partial charge in [-0.1, -0.05) is 42.5 Å². The molecule has 0 aliphatic carbocycles. The molecule has 1 N–H and O–H groups in total. The molecule has 6 rings (SSSR count). The fourth-order valence-corrected chi connectivity index (χ4v) is 5.34. The quantitative estimate of drug-likeness (QED) is 0.501. The third-order valence-corrected chi connectivity index (χ3v) is 6.98. The maximum absolute atomic E-state index is 9.63. The third-order valence-electron chi connectivity index (χ3n) is 6.98. The minimum atomic E-state index is 0.215. The third kappa shape index (κ3) is 3.65. The van der Waals surface area contributed by atoms with E-state index in [-0.39, 0.29) is 12.6 Å². The van der Waals surface area contributed by atoms with E-state index in [1.54, 1.807) is 6.33 Å². The van der Waals surface area contributed by atoms with Crippen molar-refractivity contribution in [1.82, 2.24) is 19.9 Å². The first-order chi connectivity index (χ1) is 16.3. The van der Waals surface area contributed by atoms with E-state index in [2.05, 4.69) is 74.4 Å². The van der Waals surface area contributed by atoms with Crippen LogP contribution in [0.2, 0.25) is 0 Å². The van der Waals surface area contributed by atoms with Crippen molar-refractivity contribution in [3.63, 3.8) is 0 Å². The Labute approximate surface area is 193 Å². The van der Waals surface area contributed by atoms with Gasteiger partial charge >= 0.3 is 0 Å². The molecule has 4 heterocycles. The maximum Gasteiger partial charge on any atom is 0.163 e. The number of likely N-dealkylation sites (tertiary alicyclic amines) is 1. The normalized spacial score (nSPS) is 18.2. The van der Waals surface area contributed by atoms with Crippen LogP contribution in [-0.2, 0) is 13.0 Å². The fraction of sp³-hybridized carbons (Fsp3) is 0.296. The lowest BCUT2D eigenvalue weighted by Gasteiger charge is -2.23. The molecule has 2 aromatic carbocycles. The number of aliphatic hydroxyl groups excluding tert-OH is 1. The van der Waals surface area contributed by atoms with Gasteiger partial charge in [-0.3, -0.25) is 9.88 Å². The number of benzene rings is 2. The molecule has 33 heavy (non-hydrogen) atoms. The van der Waals surface area contributed by atoms with E-state index < -0.39 is 0 Å². The molecular weight excluding hydrogens is 410 g/mol. The van der Waals surface area contributed by atoms with Gasteiger partial charge in [-0.05, 0) is 60.2 Å². The van der Waals surface area contributed by atoms with Crippen molar-refractivity contribution in [3.05, 3.63) is 78.2 Å². The summed E-state index contributed by atoms with van der Waals surface area (Å²) in [5.74, 6) is 0.866. The fourth-order valence-electron chi connectivity index (χ4n) is 5.34. The first kappa shape index (κ1) is 20.3. The molecular formula is C27H27N5O. The van der Waals surface area contributed by atoms with Crippen LogP contribution in [0.3, 0.4) is 0 Å². The minimum absolute atomic E-state index is 0.215. The van der Waals surface area contributed by atoms with E-state index in [1.807, 2.05) is 6.20 Å². The molecule has 166 valence electrons. The highest BCUT2D eigenvalue weighted by molar-refractivity contribution is 5.90. The molecule has 0 unspecified atom stereocenters. The molecule has 4 aromatic rings. The van der Waals surface area contributed by atoms with Crippen molar-refractivity contribution < 1.29 is 5.11 Å². The van der Waals surface area contributed by atoms with Crippen LogP contribution < -0.4 is 4.90 Å². The van der Waals surface area contributed by atoms with Gasteiger partial charge in [0.05, 0.1) is 12.1 Å². The topological polar surface area (TPSA) is 65.4 Å². The smallest absolute Gasteiger partial charge is 0.163 e. The van der Waals surface area contributed by atoms with Crippen LogP contribution in [0.15, 0.2) is 67.1 Å². The predicted molar refractivity (Wildman–Crippen MR) is 130 cm³/mol. The van der Waals surface area contributed by atoms with Gasteiger partial charge in [0, 0.05) is 31.0 Å². The molecule has 6 nitrogen and oxygen atoms in total. The molecule has 6 heteroatoms. The number of anilines is 2. The Morgan fingerprint density at radius 1 is 0.970 bits per heavy atom. The van der Waals surface area contributed by atoms with Gasteiger partial charge in [-0.15, -0.1) is 0 Å². The van der Waals surface area contributed by atoms with Gasteiger partial charge in [0.1, 0.15) is 11.8 Å². The summed E-state index contributed by atoms with van der Waals surface area (Å²) in [7, 11) is 0. The first-order valence-corrected chi connectivity index (χ1v) is 11.7. The number of aliphatic hydroxyl groups is 1. The van der Waals surface area contributed by atoms with E-state index >= 15 is 0 Å². The zero-order valence-corrected chi connectivity index (χ0v) is 18.6. The Hall–Kier alpha value is -3.35. The molecule has 1 fully saturated rings. The number of nitrogens with zero attached hydrogens (tertiary/aromatic N) is 5. The highest BCUT2D eigenvalue weighted by Crippen LogP contribution is 2.40. The zero-order chi connectivity index (χ0) is 22.2. The number of hydrogen-bond donors (Lipinski definition) is 1. The lowest BCUT2D eigenvalue weighted by Crippen LogP contribution is -2.31. The number of rotatable bonds is 5. The van der Waals surface area contributed by atoms with Crippen LogP contribution in [0.1, 0.15) is 24.0 Å². The summed E-state index contributed by atoms with van der Waals surface area (Å²) in [6.07, 6.45) is 6.76. The summed E-state index contributed by atoms with van der Waals surface area (Å²) in [4.78, 5) is 18.6. The molecule has 0 radical (unpaired) electrons. The average molecular weight is 438 g/mol. The summed E-state index contributed by atoms with van der Waals surface area (Å²) >= 11 is 0. The summed E-state index contributed by atoms with van der Waals surface area (Å²) in [6, 6.07) is 19.5. The Morgan fingerprint density at radius 2 is 1.88 bits per heavy atom. The zero-order valence-electron chi connectivity index (χ0n) is 18.6. The largest absolute Gasteiger partial charge is 0.395 e. The second-order valence-corrected chi connectivity index (χ2v) is 8.93. The van der Waals surface area contributed by atoms with Crippen LogP contribution in [0.4, 0.5) is 11.5 Å². The standard InChI is InChI=1S/C27H27N5O/c33-17-21-8-5-12-31(21)16-19-14-24-26(28-15-19)27(30-18-29-24)32-13-11-23-22(9-4-10-25(23)32)20-6-2-1-3-7-20/h1-4,6-7,9-10,14-15,18,21,33H,5,8,11-13,16-17H2/t21-/m1/s1. The molecule has 0 spiro atoms. The summed E-state index contributed by atoms with van der Waals surface area (Å²) < 4.78 is 0. The number of fused-ring (bicyclic) bond motifs is 2. The predicted octanol–water partition coefficient (Wildman–Crippen LogP) is 4.34. The molecule has 2 aliphatic heterocycles. The number of hydrogen-bond acceptors (Lipinski definition) is 6. The van der Waals surface area contributed by atoms with Crippen LogP contribution in [0.25, 0.3) is 22.2 Å². The van der Waals surface area contributed by atoms with Crippen molar-refractivity contribution in [3.8, 4) is 11.1 Å². The van der Waals surface area contributed by atoms with Gasteiger partial charge in [-0.25, -0.2) is 9.97 Å². The van der Waals surface area contributed by atoms with E-state index in [4.69, 9.17) is 4.98 Å². The Morgan fingerprint density at radius 3 is 2.76 bits per heavy atom. The molecule has 1 atom stereocenters. The van der Waals surface area contributed by atoms with Crippen molar-refractivity contribution >= 4 is 22.5 Å². The van der Waals surface area contributed by atoms with E-state index in [1.165, 1.54) is 22.4 Å². The summed E-state index contributed by atoms with van der Waals surface area (Å²) in [6.45, 7) is 2.90. The summed E-state index contributed by atoms with van der Waals surface area (Å²) in [5.41, 5.74) is 7.91. The van der Waals surface area contributed by atoms with Crippen LogP contribution >= 0.6 is 0 Å². The van der Waals surface area contributed by atoms with Gasteiger partial charge in [0.2, 0.25) is 0 Å². The molecule has 0 amide bonds. The lowest BCUT2D eigenvalue weighted by molar-refractivity contribution is 0.153. The van der Waals surface area contributed by atoms with Crippen LogP contribution in [-0.4, -0.2) is 50.7 Å². The Balaban J connectivity index is 1.34. The van der Waals surface area contributed by atoms with E-state index in [0.29, 0.717) is 0 Å². The van der Waals surface area contributed by atoms with Crippen LogP contribution in [0, 0.1) is 0 Å². The van der Waals surface area contributed by atoms with Gasteiger partial charge in [0.15, 0.2) is 5.82 Å². The van der Waals surface area contributed by atoms with Crippen molar-refractivity contribution in [2.75, 3.05) is 24.6 Å². The van der Waals surface area contributed by atoms with Crippen molar-refractivity contribution in [2.45, 2.75) is 31.8 Å². The number of aromatic nitrogens is 3.